The van der Waals surface area contributed by atoms with Gasteiger partial charge < -0.3 is 4.57 Å². The van der Waals surface area contributed by atoms with Crippen LogP contribution in [0.2, 0.25) is 0 Å². The van der Waals surface area contributed by atoms with Gasteiger partial charge in [-0.2, -0.15) is 0 Å². The van der Waals surface area contributed by atoms with Crippen molar-refractivity contribution in [1.29, 1.82) is 0 Å². The molecular weight excluding hydrogens is 539 g/mol. The summed E-state index contributed by atoms with van der Waals surface area (Å²) in [5.74, 6) is -0.232. The summed E-state index contributed by atoms with van der Waals surface area (Å²) in [5.41, 5.74) is 8.10. The van der Waals surface area contributed by atoms with Gasteiger partial charge in [-0.05, 0) is 82.1 Å². The minimum absolute atomic E-state index is 0.00536. The summed E-state index contributed by atoms with van der Waals surface area (Å²) in [7, 11) is 2.15. The molecule has 0 fully saturated rings. The highest BCUT2D eigenvalue weighted by molar-refractivity contribution is 6.15. The molecule has 0 unspecified atom stereocenters. The van der Waals surface area contributed by atoms with E-state index in [2.05, 4.69) is 135 Å². The largest absolute Gasteiger partial charge is 0.309 e. The van der Waals surface area contributed by atoms with Gasteiger partial charge in [0.25, 0.3) is 0 Å². The fourth-order valence-corrected chi connectivity index (χ4v) is 7.32. The van der Waals surface area contributed by atoms with Gasteiger partial charge in [-0.15, -0.1) is 0 Å². The van der Waals surface area contributed by atoms with Gasteiger partial charge in [-0.1, -0.05) is 81.4 Å². The molecular formula is C41H34FN2+. The molecule has 0 radical (unpaired) electrons. The third-order valence-electron chi connectivity index (χ3n) is 9.41. The van der Waals surface area contributed by atoms with Crippen molar-refractivity contribution in [3.8, 4) is 16.9 Å². The number of hydrogen-bond acceptors (Lipinski definition) is 0. The van der Waals surface area contributed by atoms with E-state index in [-0.39, 0.29) is 11.2 Å². The van der Waals surface area contributed by atoms with Crippen LogP contribution in [0, 0.1) is 12.7 Å². The third kappa shape index (κ3) is 3.82. The number of benzene rings is 6. The van der Waals surface area contributed by atoms with E-state index in [4.69, 9.17) is 0 Å². The Labute approximate surface area is 256 Å². The Hall–Kier alpha value is -5.02. The topological polar surface area (TPSA) is 8.81 Å². The number of aryl methyl sites for hydroxylation is 2. The maximum atomic E-state index is 14.6. The summed E-state index contributed by atoms with van der Waals surface area (Å²) >= 11 is 0. The monoisotopic (exact) mass is 573 g/mol. The summed E-state index contributed by atoms with van der Waals surface area (Å²) in [6, 6.07) is 37.9. The van der Waals surface area contributed by atoms with E-state index in [0.29, 0.717) is 0 Å². The van der Waals surface area contributed by atoms with Crippen molar-refractivity contribution in [3.63, 3.8) is 0 Å². The molecule has 8 rings (SSSR count). The highest BCUT2D eigenvalue weighted by atomic mass is 19.1. The molecule has 0 aliphatic rings. The van der Waals surface area contributed by atoms with Gasteiger partial charge in [0.15, 0.2) is 6.20 Å². The molecule has 0 spiro atoms. The summed E-state index contributed by atoms with van der Waals surface area (Å²) in [6.07, 6.45) is 2.19. The van der Waals surface area contributed by atoms with Crippen molar-refractivity contribution in [2.24, 2.45) is 7.05 Å². The molecule has 2 nitrogen and oxygen atoms in total. The van der Waals surface area contributed by atoms with Crippen LogP contribution in [0.5, 0.6) is 0 Å². The molecule has 0 saturated heterocycles. The molecule has 0 N–H and O–H groups in total. The Morgan fingerprint density at radius 1 is 0.591 bits per heavy atom. The van der Waals surface area contributed by atoms with Gasteiger partial charge in [-0.3, -0.25) is 0 Å². The molecule has 6 aromatic carbocycles. The Kier molecular flexibility index (Phi) is 5.74. The molecule has 214 valence electrons. The van der Waals surface area contributed by atoms with Crippen LogP contribution in [0.1, 0.15) is 31.9 Å². The second-order valence-corrected chi connectivity index (χ2v) is 13.1. The van der Waals surface area contributed by atoms with Crippen LogP contribution in [0.3, 0.4) is 0 Å². The average molecular weight is 574 g/mol. The number of nitrogens with zero attached hydrogens (tertiary/aromatic N) is 2. The SMILES string of the molecule is Cc1c(-c2c3ccc4c(-n5c6ccccc6c6ccc(F)cc65)cccc4c3cc[n+]2C)cc(C(C)(C)C)c2ccccc12. The van der Waals surface area contributed by atoms with Gasteiger partial charge in [0.2, 0.25) is 5.69 Å². The number of para-hydroxylation sites is 1. The minimum Gasteiger partial charge on any atom is -0.309 e. The van der Waals surface area contributed by atoms with Crippen molar-refractivity contribution in [1.82, 2.24) is 4.57 Å². The van der Waals surface area contributed by atoms with E-state index in [1.165, 1.54) is 49.3 Å². The van der Waals surface area contributed by atoms with Crippen LogP contribution in [-0.4, -0.2) is 4.57 Å². The first kappa shape index (κ1) is 26.6. The van der Waals surface area contributed by atoms with Gasteiger partial charge in [0.1, 0.15) is 12.9 Å². The number of pyridine rings is 1. The summed E-state index contributed by atoms with van der Waals surface area (Å²) < 4.78 is 19.1. The Bertz CT molecular complexity index is 2460. The predicted molar refractivity (Wildman–Crippen MR) is 183 cm³/mol. The average Bonchev–Trinajstić information content (AvgIpc) is 3.33. The zero-order valence-corrected chi connectivity index (χ0v) is 25.7. The molecule has 0 bridgehead atoms. The minimum atomic E-state index is -0.232. The lowest BCUT2D eigenvalue weighted by Gasteiger charge is -2.24. The van der Waals surface area contributed by atoms with Crippen molar-refractivity contribution >= 4 is 54.1 Å². The third-order valence-corrected chi connectivity index (χ3v) is 9.41. The van der Waals surface area contributed by atoms with Crippen molar-refractivity contribution < 1.29 is 8.96 Å². The fourth-order valence-electron chi connectivity index (χ4n) is 7.32. The highest BCUT2D eigenvalue weighted by Crippen LogP contribution is 2.41. The van der Waals surface area contributed by atoms with Crippen LogP contribution in [0.4, 0.5) is 4.39 Å². The zero-order valence-electron chi connectivity index (χ0n) is 25.7. The zero-order chi connectivity index (χ0) is 30.3. The van der Waals surface area contributed by atoms with Gasteiger partial charge >= 0.3 is 0 Å². The Morgan fingerprint density at radius 2 is 1.23 bits per heavy atom. The lowest BCUT2D eigenvalue weighted by atomic mass is 9.80. The van der Waals surface area contributed by atoms with Crippen LogP contribution in [0.25, 0.3) is 71.1 Å². The summed E-state index contributed by atoms with van der Waals surface area (Å²) in [4.78, 5) is 0. The molecule has 8 aromatic rings. The molecule has 2 aromatic heterocycles. The first-order chi connectivity index (χ1) is 21.2. The molecule has 3 heteroatoms. The smallest absolute Gasteiger partial charge is 0.220 e. The first-order valence-electron chi connectivity index (χ1n) is 15.3. The quantitative estimate of drug-likeness (QED) is 0.144. The van der Waals surface area contributed by atoms with Crippen LogP contribution < -0.4 is 4.57 Å². The second kappa shape index (κ2) is 9.49. The van der Waals surface area contributed by atoms with Gasteiger partial charge in [0.05, 0.1) is 27.7 Å². The summed E-state index contributed by atoms with van der Waals surface area (Å²) in [5, 5.41) is 9.53. The maximum Gasteiger partial charge on any atom is 0.220 e. The Balaban J connectivity index is 1.45. The number of halogens is 1. The summed E-state index contributed by atoms with van der Waals surface area (Å²) in [6.45, 7) is 9.15. The lowest BCUT2D eigenvalue weighted by molar-refractivity contribution is -0.659. The number of fused-ring (bicyclic) bond motifs is 7. The number of hydrogen-bond donors (Lipinski definition) is 0. The van der Waals surface area contributed by atoms with E-state index in [1.54, 1.807) is 12.1 Å². The van der Waals surface area contributed by atoms with Crippen molar-refractivity contribution in [3.05, 3.63) is 132 Å². The standard InChI is InChI=1S/C41H34FN2/c1-25-27-11-6-7-12-30(27)36(41(2,3)4)24-35(25)40-34-20-19-32-28(29(34)21-22-43(40)5)14-10-16-38(32)44-37-15-9-8-13-31(37)33-18-17-26(42)23-39(33)44/h6-24H,1-5H3/q+1. The molecule has 0 aliphatic carbocycles. The first-order valence-corrected chi connectivity index (χ1v) is 15.3. The van der Waals surface area contributed by atoms with E-state index >= 15 is 0 Å². The molecule has 0 aliphatic heterocycles. The van der Waals surface area contributed by atoms with E-state index < -0.39 is 0 Å². The van der Waals surface area contributed by atoms with Crippen molar-refractivity contribution in [2.45, 2.75) is 33.1 Å². The van der Waals surface area contributed by atoms with E-state index in [9.17, 15) is 4.39 Å². The van der Waals surface area contributed by atoms with Crippen LogP contribution >= 0.6 is 0 Å². The van der Waals surface area contributed by atoms with Gasteiger partial charge in [-0.25, -0.2) is 8.96 Å². The normalized spacial score (nSPS) is 12.3. The van der Waals surface area contributed by atoms with Crippen LogP contribution in [0.15, 0.2) is 115 Å². The molecule has 2 heterocycles. The molecule has 0 amide bonds. The molecule has 0 atom stereocenters. The lowest BCUT2D eigenvalue weighted by Crippen LogP contribution is -2.31. The highest BCUT2D eigenvalue weighted by Gasteiger charge is 2.25. The van der Waals surface area contributed by atoms with E-state index in [0.717, 1.165) is 32.9 Å². The second-order valence-electron chi connectivity index (χ2n) is 13.1. The number of aromatic nitrogens is 2. The van der Waals surface area contributed by atoms with Gasteiger partial charge in [0, 0.05) is 27.6 Å². The predicted octanol–water partition coefficient (Wildman–Crippen LogP) is 10.5. The fraction of sp³-hybridized carbons (Fsp3) is 0.146. The molecule has 44 heavy (non-hydrogen) atoms. The maximum absolute atomic E-state index is 14.6. The number of rotatable bonds is 2. The van der Waals surface area contributed by atoms with E-state index in [1.807, 2.05) is 12.1 Å². The Morgan fingerprint density at radius 3 is 2.02 bits per heavy atom. The van der Waals surface area contributed by atoms with Crippen LogP contribution in [-0.2, 0) is 12.5 Å². The molecule has 0 saturated carbocycles. The van der Waals surface area contributed by atoms with Crippen molar-refractivity contribution in [2.75, 3.05) is 0 Å².